The predicted molar refractivity (Wildman–Crippen MR) is 73.8 cm³/mol. The number of benzene rings is 1. The zero-order valence-electron chi connectivity index (χ0n) is 11.9. The Morgan fingerprint density at radius 1 is 1.28 bits per heavy atom. The van der Waals surface area contributed by atoms with E-state index in [1.54, 1.807) is 6.92 Å². The fourth-order valence-corrected chi connectivity index (χ4v) is 2.08. The summed E-state index contributed by atoms with van der Waals surface area (Å²) in [6.45, 7) is 9.49. The fraction of sp³-hybridized carbons (Fsp3) is 0.533. The lowest BCUT2D eigenvalue weighted by atomic mass is 9.98. The molecule has 0 bridgehead atoms. The number of hydrogen-bond acceptors (Lipinski definition) is 2. The summed E-state index contributed by atoms with van der Waals surface area (Å²) in [6, 6.07) is 4.27. The van der Waals surface area contributed by atoms with Crippen LogP contribution in [0.1, 0.15) is 29.2 Å². The van der Waals surface area contributed by atoms with Crippen LogP contribution in [0.3, 0.4) is 0 Å². The minimum Gasteiger partial charge on any atom is -0.481 e. The maximum absolute atomic E-state index is 10.8. The summed E-state index contributed by atoms with van der Waals surface area (Å²) in [6.07, 6.45) is 0. The maximum Gasteiger partial charge on any atom is 0.307 e. The zero-order chi connectivity index (χ0) is 13.9. The molecule has 0 amide bonds. The van der Waals surface area contributed by atoms with Gasteiger partial charge in [0.05, 0.1) is 5.92 Å². The first-order valence-electron chi connectivity index (χ1n) is 6.30. The number of carboxylic acid groups (broad SMARTS) is 1. The monoisotopic (exact) mass is 249 g/mol. The number of aliphatic carboxylic acids is 1. The minimum absolute atomic E-state index is 0.332. The molecule has 0 aliphatic carbocycles. The molecule has 3 heteroatoms. The standard InChI is InChI=1S/C15H23NO2/c1-10-6-7-14(13(4)12(10)3)9-16(5)8-11(2)15(17)18/h6-7,11H,8-9H2,1-5H3,(H,17,18). The van der Waals surface area contributed by atoms with Gasteiger partial charge in [-0.3, -0.25) is 4.79 Å². The molecule has 18 heavy (non-hydrogen) atoms. The van der Waals surface area contributed by atoms with E-state index in [-0.39, 0.29) is 5.92 Å². The van der Waals surface area contributed by atoms with Gasteiger partial charge in [0.2, 0.25) is 0 Å². The van der Waals surface area contributed by atoms with Crippen LogP contribution in [0.15, 0.2) is 12.1 Å². The van der Waals surface area contributed by atoms with Crippen LogP contribution in [-0.4, -0.2) is 29.6 Å². The summed E-state index contributed by atoms with van der Waals surface area (Å²) in [5.41, 5.74) is 5.22. The van der Waals surface area contributed by atoms with E-state index in [0.29, 0.717) is 6.54 Å². The fourth-order valence-electron chi connectivity index (χ4n) is 2.08. The Hall–Kier alpha value is -1.35. The number of rotatable bonds is 5. The molecule has 1 N–H and O–H groups in total. The van der Waals surface area contributed by atoms with Crippen molar-refractivity contribution in [3.05, 3.63) is 34.4 Å². The average molecular weight is 249 g/mol. The van der Waals surface area contributed by atoms with Crippen LogP contribution in [0.5, 0.6) is 0 Å². The van der Waals surface area contributed by atoms with Gasteiger partial charge in [-0.25, -0.2) is 0 Å². The van der Waals surface area contributed by atoms with E-state index in [9.17, 15) is 4.79 Å². The van der Waals surface area contributed by atoms with Crippen LogP contribution in [0, 0.1) is 26.7 Å². The normalized spacial score (nSPS) is 12.8. The quantitative estimate of drug-likeness (QED) is 0.872. The summed E-state index contributed by atoms with van der Waals surface area (Å²) < 4.78 is 0. The van der Waals surface area contributed by atoms with Crippen LogP contribution in [0.4, 0.5) is 0 Å². The second-order valence-electron chi connectivity index (χ2n) is 5.23. The molecule has 0 heterocycles. The van der Waals surface area contributed by atoms with Gasteiger partial charge >= 0.3 is 5.97 Å². The Bertz CT molecular complexity index is 440. The van der Waals surface area contributed by atoms with E-state index < -0.39 is 5.97 Å². The topological polar surface area (TPSA) is 40.5 Å². The molecular weight excluding hydrogens is 226 g/mol. The van der Waals surface area contributed by atoms with Crippen LogP contribution in [0.25, 0.3) is 0 Å². The first kappa shape index (κ1) is 14.7. The van der Waals surface area contributed by atoms with E-state index in [2.05, 4.69) is 37.8 Å². The Kier molecular flexibility index (Phi) is 4.91. The van der Waals surface area contributed by atoms with E-state index in [1.807, 2.05) is 7.05 Å². The predicted octanol–water partition coefficient (Wildman–Crippen LogP) is 2.76. The number of nitrogens with zero attached hydrogens (tertiary/aromatic N) is 1. The lowest BCUT2D eigenvalue weighted by Crippen LogP contribution is -2.28. The molecule has 1 aromatic carbocycles. The van der Waals surface area contributed by atoms with Gasteiger partial charge in [0.25, 0.3) is 0 Å². The van der Waals surface area contributed by atoms with E-state index in [0.717, 1.165) is 6.54 Å². The van der Waals surface area contributed by atoms with Gasteiger partial charge in [-0.1, -0.05) is 19.1 Å². The molecule has 0 aromatic heterocycles. The largest absolute Gasteiger partial charge is 0.481 e. The van der Waals surface area contributed by atoms with E-state index in [4.69, 9.17) is 5.11 Å². The van der Waals surface area contributed by atoms with Crippen molar-refractivity contribution in [2.45, 2.75) is 34.2 Å². The second-order valence-corrected chi connectivity index (χ2v) is 5.23. The maximum atomic E-state index is 10.8. The molecule has 1 atom stereocenters. The zero-order valence-corrected chi connectivity index (χ0v) is 11.9. The third kappa shape index (κ3) is 3.57. The number of hydrogen-bond donors (Lipinski definition) is 1. The van der Waals surface area contributed by atoms with E-state index >= 15 is 0 Å². The van der Waals surface area contributed by atoms with Gasteiger partial charge in [-0.15, -0.1) is 0 Å². The molecule has 0 radical (unpaired) electrons. The molecule has 3 nitrogen and oxygen atoms in total. The first-order chi connectivity index (χ1) is 8.32. The Morgan fingerprint density at radius 2 is 1.89 bits per heavy atom. The van der Waals surface area contributed by atoms with Gasteiger partial charge in [0.15, 0.2) is 0 Å². The smallest absolute Gasteiger partial charge is 0.307 e. The van der Waals surface area contributed by atoms with Crippen molar-refractivity contribution in [2.24, 2.45) is 5.92 Å². The van der Waals surface area contributed by atoms with Crippen LogP contribution in [-0.2, 0) is 11.3 Å². The molecule has 0 aliphatic heterocycles. The van der Waals surface area contributed by atoms with Crippen LogP contribution >= 0.6 is 0 Å². The third-order valence-electron chi connectivity index (χ3n) is 3.62. The highest BCUT2D eigenvalue weighted by Crippen LogP contribution is 2.18. The average Bonchev–Trinajstić information content (AvgIpc) is 2.29. The Labute approximate surface area is 109 Å². The van der Waals surface area contributed by atoms with Gasteiger partial charge < -0.3 is 10.0 Å². The Balaban J connectivity index is 2.73. The lowest BCUT2D eigenvalue weighted by molar-refractivity contribution is -0.141. The third-order valence-corrected chi connectivity index (χ3v) is 3.62. The summed E-state index contributed by atoms with van der Waals surface area (Å²) in [5.74, 6) is -1.07. The molecule has 100 valence electrons. The number of carbonyl (C=O) groups is 1. The molecule has 1 rings (SSSR count). The number of aryl methyl sites for hydroxylation is 1. The SMILES string of the molecule is Cc1ccc(CN(C)CC(C)C(=O)O)c(C)c1C. The van der Waals surface area contributed by atoms with Crippen molar-refractivity contribution >= 4 is 5.97 Å². The molecule has 0 saturated carbocycles. The first-order valence-corrected chi connectivity index (χ1v) is 6.30. The molecule has 0 spiro atoms. The van der Waals surface area contributed by atoms with Gasteiger partial charge in [0, 0.05) is 13.1 Å². The van der Waals surface area contributed by atoms with Crippen molar-refractivity contribution in [2.75, 3.05) is 13.6 Å². The second kappa shape index (κ2) is 6.01. The van der Waals surface area contributed by atoms with Crippen molar-refractivity contribution in [3.8, 4) is 0 Å². The molecule has 0 fully saturated rings. The van der Waals surface area contributed by atoms with Crippen molar-refractivity contribution in [1.82, 2.24) is 4.90 Å². The van der Waals surface area contributed by atoms with Gasteiger partial charge in [-0.2, -0.15) is 0 Å². The van der Waals surface area contributed by atoms with Gasteiger partial charge in [0.1, 0.15) is 0 Å². The van der Waals surface area contributed by atoms with E-state index in [1.165, 1.54) is 22.3 Å². The lowest BCUT2D eigenvalue weighted by Gasteiger charge is -2.21. The highest BCUT2D eigenvalue weighted by molar-refractivity contribution is 5.69. The van der Waals surface area contributed by atoms with Crippen LogP contribution < -0.4 is 0 Å². The summed E-state index contributed by atoms with van der Waals surface area (Å²) in [7, 11) is 1.97. The van der Waals surface area contributed by atoms with Crippen molar-refractivity contribution < 1.29 is 9.90 Å². The summed E-state index contributed by atoms with van der Waals surface area (Å²) in [5, 5.41) is 8.91. The molecule has 0 saturated heterocycles. The highest BCUT2D eigenvalue weighted by Gasteiger charge is 2.14. The van der Waals surface area contributed by atoms with Crippen LogP contribution in [0.2, 0.25) is 0 Å². The van der Waals surface area contributed by atoms with Crippen molar-refractivity contribution in [1.29, 1.82) is 0 Å². The molecule has 1 unspecified atom stereocenters. The van der Waals surface area contributed by atoms with Crippen molar-refractivity contribution in [3.63, 3.8) is 0 Å². The van der Waals surface area contributed by atoms with Gasteiger partial charge in [-0.05, 0) is 50.1 Å². The summed E-state index contributed by atoms with van der Waals surface area (Å²) >= 11 is 0. The number of carboxylic acids is 1. The molecular formula is C15H23NO2. The highest BCUT2D eigenvalue weighted by atomic mass is 16.4. The Morgan fingerprint density at radius 3 is 2.44 bits per heavy atom. The minimum atomic E-state index is -0.737. The molecule has 1 aromatic rings. The summed E-state index contributed by atoms with van der Waals surface area (Å²) in [4.78, 5) is 12.9. The molecule has 0 aliphatic rings.